The maximum Gasteiger partial charge on any atom is 0.261 e. The van der Waals surface area contributed by atoms with Gasteiger partial charge in [0.05, 0.1) is 34.4 Å². The molecule has 180 valence electrons. The van der Waals surface area contributed by atoms with Crippen LogP contribution in [-0.4, -0.2) is 44.4 Å². The molecule has 5 rings (SSSR count). The van der Waals surface area contributed by atoms with Gasteiger partial charge in [0.2, 0.25) is 0 Å². The van der Waals surface area contributed by atoms with Gasteiger partial charge in [-0.15, -0.1) is 0 Å². The Morgan fingerprint density at radius 3 is 2.46 bits per heavy atom. The van der Waals surface area contributed by atoms with E-state index in [-0.39, 0.29) is 34.9 Å². The number of halogens is 1. The van der Waals surface area contributed by atoms with Gasteiger partial charge in [-0.1, -0.05) is 22.0 Å². The highest BCUT2D eigenvalue weighted by Gasteiger charge is 2.37. The van der Waals surface area contributed by atoms with Crippen molar-refractivity contribution in [1.29, 1.82) is 0 Å². The summed E-state index contributed by atoms with van der Waals surface area (Å²) in [7, 11) is -3.78. The van der Waals surface area contributed by atoms with Crippen LogP contribution in [0.4, 0.5) is 5.69 Å². The summed E-state index contributed by atoms with van der Waals surface area (Å²) in [6.45, 7) is 0.882. The van der Waals surface area contributed by atoms with Crippen molar-refractivity contribution in [3.05, 3.63) is 82.3 Å². The quantitative estimate of drug-likeness (QED) is 0.418. The Morgan fingerprint density at radius 1 is 0.971 bits per heavy atom. The van der Waals surface area contributed by atoms with Crippen LogP contribution in [-0.2, 0) is 14.8 Å². The van der Waals surface area contributed by atoms with E-state index in [4.69, 9.17) is 9.47 Å². The lowest BCUT2D eigenvalue weighted by molar-refractivity contribution is 0.0475. The number of carbonyl (C=O) groups is 2. The molecule has 8 nitrogen and oxygen atoms in total. The molecule has 1 saturated heterocycles. The highest BCUT2D eigenvalue weighted by Crippen LogP contribution is 2.31. The van der Waals surface area contributed by atoms with E-state index in [1.807, 2.05) is 0 Å². The van der Waals surface area contributed by atoms with Gasteiger partial charge in [-0.05, 0) is 67.4 Å². The van der Waals surface area contributed by atoms with Gasteiger partial charge >= 0.3 is 0 Å². The van der Waals surface area contributed by atoms with Crippen molar-refractivity contribution in [3.63, 3.8) is 0 Å². The monoisotopic (exact) mass is 556 g/mol. The van der Waals surface area contributed by atoms with Crippen molar-refractivity contribution < 1.29 is 27.5 Å². The molecule has 1 atom stereocenters. The number of amides is 2. The molecule has 2 heterocycles. The van der Waals surface area contributed by atoms with Gasteiger partial charge in [0.25, 0.3) is 21.8 Å². The van der Waals surface area contributed by atoms with Gasteiger partial charge < -0.3 is 9.47 Å². The zero-order valence-corrected chi connectivity index (χ0v) is 20.8. The summed E-state index contributed by atoms with van der Waals surface area (Å²) < 4.78 is 40.1. The molecule has 2 aliphatic rings. The molecular weight excluding hydrogens is 536 g/mol. The number of imide groups is 1. The Morgan fingerprint density at radius 2 is 1.71 bits per heavy atom. The largest absolute Gasteiger partial charge is 0.457 e. The minimum absolute atomic E-state index is 0.126. The molecule has 1 unspecified atom stereocenters. The van der Waals surface area contributed by atoms with Crippen LogP contribution in [0.5, 0.6) is 11.5 Å². The topological polar surface area (TPSA) is 102 Å². The number of nitrogens with zero attached hydrogens (tertiary/aromatic N) is 1. The van der Waals surface area contributed by atoms with E-state index >= 15 is 0 Å². The van der Waals surface area contributed by atoms with E-state index in [1.54, 1.807) is 48.5 Å². The predicted octanol–water partition coefficient (Wildman–Crippen LogP) is 4.82. The van der Waals surface area contributed by atoms with Crippen molar-refractivity contribution in [2.45, 2.75) is 23.8 Å². The first-order chi connectivity index (χ1) is 16.8. The maximum absolute atomic E-state index is 12.9. The van der Waals surface area contributed by atoms with E-state index in [1.165, 1.54) is 23.1 Å². The molecule has 0 aliphatic carbocycles. The molecule has 2 aliphatic heterocycles. The normalized spacial score (nSPS) is 17.5. The lowest BCUT2D eigenvalue weighted by Crippen LogP contribution is -2.36. The van der Waals surface area contributed by atoms with Crippen LogP contribution >= 0.6 is 15.9 Å². The number of carbonyl (C=O) groups excluding carboxylic acids is 2. The van der Waals surface area contributed by atoms with Crippen molar-refractivity contribution in [2.75, 3.05) is 17.9 Å². The van der Waals surface area contributed by atoms with E-state index in [0.717, 1.165) is 17.3 Å². The number of fused-ring (bicyclic) bond motifs is 1. The van der Waals surface area contributed by atoms with Crippen LogP contribution < -0.4 is 9.46 Å². The van der Waals surface area contributed by atoms with Gasteiger partial charge in [0.1, 0.15) is 11.5 Å². The molecule has 10 heteroatoms. The molecule has 1 N–H and O–H groups in total. The first-order valence-corrected chi connectivity index (χ1v) is 13.3. The van der Waals surface area contributed by atoms with Gasteiger partial charge in [0.15, 0.2) is 0 Å². The third-order valence-corrected chi connectivity index (χ3v) is 7.72. The number of hydrogen-bond donors (Lipinski definition) is 1. The molecule has 0 saturated carbocycles. The average molecular weight is 557 g/mol. The summed E-state index contributed by atoms with van der Waals surface area (Å²) in [4.78, 5) is 26.9. The number of sulfonamides is 1. The number of hydrogen-bond acceptors (Lipinski definition) is 6. The standard InChI is InChI=1S/C25H21BrN2O6S/c26-16-6-9-21(10-7-16)35(31,32)27-17-3-1-4-18(13-17)34-19-8-11-22-23(14-19)25(30)28(24(22)29)15-20-5-2-12-33-20/h1,3-4,6-11,13-14,20,27H,2,5,12,15H2. The summed E-state index contributed by atoms with van der Waals surface area (Å²) in [5.74, 6) is 0.0177. The van der Waals surface area contributed by atoms with Crippen LogP contribution in [0.25, 0.3) is 0 Å². The molecule has 2 amide bonds. The Labute approximate surface area is 211 Å². The fraction of sp³-hybridized carbons (Fsp3) is 0.200. The Kier molecular flexibility index (Phi) is 6.35. The number of benzene rings is 3. The Balaban J connectivity index is 1.32. The lowest BCUT2D eigenvalue weighted by atomic mass is 10.1. The highest BCUT2D eigenvalue weighted by molar-refractivity contribution is 9.10. The van der Waals surface area contributed by atoms with Crippen LogP contribution in [0.2, 0.25) is 0 Å². The Bertz CT molecular complexity index is 1400. The van der Waals surface area contributed by atoms with Gasteiger partial charge in [-0.2, -0.15) is 0 Å². The molecular formula is C25H21BrN2O6S. The van der Waals surface area contributed by atoms with E-state index in [9.17, 15) is 18.0 Å². The molecule has 35 heavy (non-hydrogen) atoms. The van der Waals surface area contributed by atoms with Crippen molar-refractivity contribution in [2.24, 2.45) is 0 Å². The summed E-state index contributed by atoms with van der Waals surface area (Å²) in [5, 5.41) is 0. The van der Waals surface area contributed by atoms with Gasteiger partial charge in [0, 0.05) is 17.1 Å². The molecule has 1 fully saturated rings. The fourth-order valence-electron chi connectivity index (χ4n) is 4.08. The molecule has 0 spiro atoms. The number of anilines is 1. The zero-order valence-electron chi connectivity index (χ0n) is 18.4. The second kappa shape index (κ2) is 9.44. The smallest absolute Gasteiger partial charge is 0.261 e. The SMILES string of the molecule is O=C1c2ccc(Oc3cccc(NS(=O)(=O)c4ccc(Br)cc4)c3)cc2C(=O)N1CC1CCCO1. The van der Waals surface area contributed by atoms with Crippen LogP contribution in [0.3, 0.4) is 0 Å². The predicted molar refractivity (Wildman–Crippen MR) is 132 cm³/mol. The first-order valence-electron chi connectivity index (χ1n) is 11.0. The fourth-order valence-corrected chi connectivity index (χ4v) is 5.39. The third-order valence-electron chi connectivity index (χ3n) is 5.80. The van der Waals surface area contributed by atoms with Gasteiger partial charge in [-0.3, -0.25) is 19.2 Å². The zero-order chi connectivity index (χ0) is 24.6. The van der Waals surface area contributed by atoms with Gasteiger partial charge in [-0.25, -0.2) is 8.42 Å². The van der Waals surface area contributed by atoms with Crippen LogP contribution in [0, 0.1) is 0 Å². The number of rotatable bonds is 7. The van der Waals surface area contributed by atoms with E-state index in [2.05, 4.69) is 20.7 Å². The van der Waals surface area contributed by atoms with Crippen molar-refractivity contribution in [3.8, 4) is 11.5 Å². The molecule has 3 aromatic rings. The second-order valence-electron chi connectivity index (χ2n) is 8.25. The highest BCUT2D eigenvalue weighted by atomic mass is 79.9. The maximum atomic E-state index is 12.9. The van der Waals surface area contributed by atoms with E-state index < -0.39 is 10.0 Å². The minimum Gasteiger partial charge on any atom is -0.457 e. The second-order valence-corrected chi connectivity index (χ2v) is 10.9. The summed E-state index contributed by atoms with van der Waals surface area (Å²) in [5.41, 5.74) is 0.925. The van der Waals surface area contributed by atoms with Crippen molar-refractivity contribution in [1.82, 2.24) is 4.90 Å². The lowest BCUT2D eigenvalue weighted by Gasteiger charge is -2.17. The molecule has 0 bridgehead atoms. The molecule has 0 radical (unpaired) electrons. The summed E-state index contributed by atoms with van der Waals surface area (Å²) in [6, 6.07) is 17.5. The minimum atomic E-state index is -3.78. The molecule has 0 aromatic heterocycles. The number of ether oxygens (including phenoxy) is 2. The third kappa shape index (κ3) is 4.95. The van der Waals surface area contributed by atoms with Crippen molar-refractivity contribution >= 4 is 43.5 Å². The number of nitrogens with one attached hydrogen (secondary N) is 1. The van der Waals surface area contributed by atoms with Crippen LogP contribution in [0.1, 0.15) is 33.6 Å². The van der Waals surface area contributed by atoms with E-state index in [0.29, 0.717) is 29.4 Å². The molecule has 3 aromatic carbocycles. The first kappa shape index (κ1) is 23.5. The summed E-state index contributed by atoms with van der Waals surface area (Å²) in [6.07, 6.45) is 1.62. The Hall–Kier alpha value is -3.21. The average Bonchev–Trinajstić information content (AvgIpc) is 3.42. The van der Waals surface area contributed by atoms with Crippen LogP contribution in [0.15, 0.2) is 76.1 Å². The summed E-state index contributed by atoms with van der Waals surface area (Å²) >= 11 is 3.29.